The van der Waals surface area contributed by atoms with Crippen molar-refractivity contribution in [2.24, 2.45) is 11.7 Å². The van der Waals surface area contributed by atoms with Gasteiger partial charge in [0.2, 0.25) is 0 Å². The van der Waals surface area contributed by atoms with Crippen LogP contribution in [-0.4, -0.2) is 12.6 Å². The molecule has 1 fully saturated rings. The van der Waals surface area contributed by atoms with Crippen LogP contribution in [0.3, 0.4) is 0 Å². The van der Waals surface area contributed by atoms with E-state index in [2.05, 4.69) is 44.3 Å². The molecule has 0 spiro atoms. The minimum Gasteiger partial charge on any atom is -0.329 e. The van der Waals surface area contributed by atoms with Crippen LogP contribution in [0.15, 0.2) is 18.2 Å². The smallest absolute Gasteiger partial charge is 0.0449 e. The SMILES string of the molecule is Cc1cccc(C(CN)NC2CCC(C)C2)c1C. The first kappa shape index (κ1) is 13.6. The molecule has 3 N–H and O–H groups in total. The standard InChI is InChI=1S/C16H26N2/c1-11-7-8-14(9-11)18-16(10-17)15-6-4-5-12(2)13(15)3/h4-6,11,14,16,18H,7-10,17H2,1-3H3. The molecular formula is C16H26N2. The molecule has 2 nitrogen and oxygen atoms in total. The molecule has 18 heavy (non-hydrogen) atoms. The third-order valence-corrected chi connectivity index (χ3v) is 4.39. The van der Waals surface area contributed by atoms with Crippen LogP contribution in [0.25, 0.3) is 0 Å². The molecule has 1 saturated carbocycles. The van der Waals surface area contributed by atoms with Crippen molar-refractivity contribution in [3.8, 4) is 0 Å². The Morgan fingerprint density at radius 2 is 2.11 bits per heavy atom. The van der Waals surface area contributed by atoms with E-state index in [0.717, 1.165) is 5.92 Å². The third-order valence-electron chi connectivity index (χ3n) is 4.39. The number of nitrogens with one attached hydrogen (secondary N) is 1. The second-order valence-corrected chi connectivity index (χ2v) is 5.86. The molecule has 0 bridgehead atoms. The van der Waals surface area contributed by atoms with Gasteiger partial charge in [0.25, 0.3) is 0 Å². The van der Waals surface area contributed by atoms with E-state index in [1.165, 1.54) is 36.0 Å². The number of nitrogens with two attached hydrogens (primary N) is 1. The lowest BCUT2D eigenvalue weighted by atomic mass is 9.96. The fourth-order valence-electron chi connectivity index (χ4n) is 3.08. The van der Waals surface area contributed by atoms with Crippen molar-refractivity contribution in [2.75, 3.05) is 6.54 Å². The van der Waals surface area contributed by atoms with Gasteiger partial charge in [-0.1, -0.05) is 25.1 Å². The van der Waals surface area contributed by atoms with Crippen LogP contribution in [0.5, 0.6) is 0 Å². The van der Waals surface area contributed by atoms with Gasteiger partial charge >= 0.3 is 0 Å². The fraction of sp³-hybridized carbons (Fsp3) is 0.625. The zero-order chi connectivity index (χ0) is 13.1. The van der Waals surface area contributed by atoms with Crippen molar-refractivity contribution in [3.63, 3.8) is 0 Å². The number of aryl methyl sites for hydroxylation is 1. The molecule has 0 aliphatic heterocycles. The quantitative estimate of drug-likeness (QED) is 0.857. The van der Waals surface area contributed by atoms with Crippen LogP contribution in [0.2, 0.25) is 0 Å². The van der Waals surface area contributed by atoms with Gasteiger partial charge in [0.05, 0.1) is 0 Å². The van der Waals surface area contributed by atoms with E-state index in [9.17, 15) is 0 Å². The molecule has 0 amide bonds. The Morgan fingerprint density at radius 1 is 1.33 bits per heavy atom. The first-order valence-electron chi connectivity index (χ1n) is 7.14. The molecule has 100 valence electrons. The third kappa shape index (κ3) is 2.93. The highest BCUT2D eigenvalue weighted by molar-refractivity contribution is 5.35. The van der Waals surface area contributed by atoms with E-state index in [4.69, 9.17) is 5.73 Å². The average molecular weight is 246 g/mol. The maximum atomic E-state index is 5.97. The molecule has 3 atom stereocenters. The Labute approximate surface area is 111 Å². The van der Waals surface area contributed by atoms with Crippen LogP contribution in [0.4, 0.5) is 0 Å². The second kappa shape index (κ2) is 5.85. The minimum atomic E-state index is 0.306. The van der Waals surface area contributed by atoms with Crippen molar-refractivity contribution in [3.05, 3.63) is 34.9 Å². The molecule has 0 radical (unpaired) electrons. The summed E-state index contributed by atoms with van der Waals surface area (Å²) in [6.45, 7) is 7.39. The molecule has 0 heterocycles. The fourth-order valence-corrected chi connectivity index (χ4v) is 3.08. The largest absolute Gasteiger partial charge is 0.329 e. The van der Waals surface area contributed by atoms with E-state index in [0.29, 0.717) is 18.6 Å². The topological polar surface area (TPSA) is 38.0 Å². The summed E-state index contributed by atoms with van der Waals surface area (Å²) in [4.78, 5) is 0. The monoisotopic (exact) mass is 246 g/mol. The normalized spacial score (nSPS) is 25.3. The average Bonchev–Trinajstić information content (AvgIpc) is 2.76. The zero-order valence-corrected chi connectivity index (χ0v) is 11.9. The summed E-state index contributed by atoms with van der Waals surface area (Å²) in [5.41, 5.74) is 10.1. The van der Waals surface area contributed by atoms with Gasteiger partial charge in [-0.3, -0.25) is 0 Å². The van der Waals surface area contributed by atoms with Gasteiger partial charge in [-0.2, -0.15) is 0 Å². The lowest BCUT2D eigenvalue weighted by molar-refractivity contribution is 0.433. The highest BCUT2D eigenvalue weighted by Gasteiger charge is 2.24. The number of benzene rings is 1. The number of hydrogen-bond donors (Lipinski definition) is 2. The zero-order valence-electron chi connectivity index (χ0n) is 11.9. The molecule has 0 saturated heterocycles. The lowest BCUT2D eigenvalue weighted by Gasteiger charge is -2.24. The molecular weight excluding hydrogens is 220 g/mol. The van der Waals surface area contributed by atoms with Gasteiger partial charge in [0, 0.05) is 18.6 Å². The Bertz CT molecular complexity index is 400. The Morgan fingerprint density at radius 3 is 2.72 bits per heavy atom. The molecule has 1 aromatic carbocycles. The van der Waals surface area contributed by atoms with Crippen LogP contribution in [-0.2, 0) is 0 Å². The van der Waals surface area contributed by atoms with Gasteiger partial charge in [-0.05, 0) is 55.7 Å². The van der Waals surface area contributed by atoms with Crippen molar-refractivity contribution in [1.29, 1.82) is 0 Å². The Hall–Kier alpha value is -0.860. The minimum absolute atomic E-state index is 0.306. The van der Waals surface area contributed by atoms with Crippen LogP contribution in [0.1, 0.15) is 48.9 Å². The molecule has 1 aliphatic rings. The predicted molar refractivity (Wildman–Crippen MR) is 77.7 cm³/mol. The predicted octanol–water partition coefficient (Wildman–Crippen LogP) is 3.08. The highest BCUT2D eigenvalue weighted by atomic mass is 15.0. The van der Waals surface area contributed by atoms with Gasteiger partial charge < -0.3 is 11.1 Å². The van der Waals surface area contributed by atoms with E-state index in [-0.39, 0.29) is 0 Å². The summed E-state index contributed by atoms with van der Waals surface area (Å²) in [5.74, 6) is 0.861. The van der Waals surface area contributed by atoms with Crippen LogP contribution in [0, 0.1) is 19.8 Å². The summed E-state index contributed by atoms with van der Waals surface area (Å²) in [6.07, 6.45) is 3.94. The van der Waals surface area contributed by atoms with E-state index in [1.807, 2.05) is 0 Å². The number of rotatable bonds is 4. The van der Waals surface area contributed by atoms with E-state index < -0.39 is 0 Å². The Kier molecular flexibility index (Phi) is 4.41. The van der Waals surface area contributed by atoms with Gasteiger partial charge in [0.1, 0.15) is 0 Å². The molecule has 1 aromatic rings. The van der Waals surface area contributed by atoms with Gasteiger partial charge in [-0.25, -0.2) is 0 Å². The van der Waals surface area contributed by atoms with Crippen molar-refractivity contribution < 1.29 is 0 Å². The first-order chi connectivity index (χ1) is 8.61. The molecule has 2 rings (SSSR count). The van der Waals surface area contributed by atoms with E-state index in [1.54, 1.807) is 0 Å². The van der Waals surface area contributed by atoms with Crippen molar-refractivity contribution in [2.45, 2.75) is 52.1 Å². The first-order valence-corrected chi connectivity index (χ1v) is 7.14. The van der Waals surface area contributed by atoms with Gasteiger partial charge in [-0.15, -0.1) is 0 Å². The summed E-state index contributed by atoms with van der Waals surface area (Å²) >= 11 is 0. The summed E-state index contributed by atoms with van der Waals surface area (Å²) in [5, 5.41) is 3.76. The molecule has 1 aliphatic carbocycles. The summed E-state index contributed by atoms with van der Waals surface area (Å²) in [7, 11) is 0. The molecule has 0 aromatic heterocycles. The van der Waals surface area contributed by atoms with Crippen molar-refractivity contribution >= 4 is 0 Å². The summed E-state index contributed by atoms with van der Waals surface area (Å²) in [6, 6.07) is 7.47. The maximum absolute atomic E-state index is 5.97. The Balaban J connectivity index is 2.10. The molecule has 3 unspecified atom stereocenters. The van der Waals surface area contributed by atoms with Crippen molar-refractivity contribution in [1.82, 2.24) is 5.32 Å². The second-order valence-electron chi connectivity index (χ2n) is 5.86. The lowest BCUT2D eigenvalue weighted by Crippen LogP contribution is -2.35. The van der Waals surface area contributed by atoms with Gasteiger partial charge in [0.15, 0.2) is 0 Å². The highest BCUT2D eigenvalue weighted by Crippen LogP contribution is 2.28. The number of hydrogen-bond acceptors (Lipinski definition) is 2. The maximum Gasteiger partial charge on any atom is 0.0449 e. The van der Waals surface area contributed by atoms with Crippen LogP contribution >= 0.6 is 0 Å². The van der Waals surface area contributed by atoms with Crippen LogP contribution < -0.4 is 11.1 Å². The molecule has 2 heteroatoms. The summed E-state index contributed by atoms with van der Waals surface area (Å²) < 4.78 is 0. The van der Waals surface area contributed by atoms with E-state index >= 15 is 0 Å².